The van der Waals surface area contributed by atoms with Gasteiger partial charge in [0.1, 0.15) is 23.7 Å². The Morgan fingerprint density at radius 1 is 0.726 bits per heavy atom. The molecule has 4 amide bonds. The lowest BCUT2D eigenvalue weighted by Gasteiger charge is -2.37. The van der Waals surface area contributed by atoms with Crippen molar-refractivity contribution in [1.29, 1.82) is 0 Å². The summed E-state index contributed by atoms with van der Waals surface area (Å²) in [4.78, 5) is 74.0. The fraction of sp³-hybridized carbons (Fsp3) is 0.489. The summed E-state index contributed by atoms with van der Waals surface area (Å²) < 4.78 is 5.95. The van der Waals surface area contributed by atoms with E-state index in [4.69, 9.17) is 14.7 Å². The first-order valence-electron chi connectivity index (χ1n) is 22.2. The van der Waals surface area contributed by atoms with E-state index >= 15 is 0 Å². The zero-order valence-electron chi connectivity index (χ0n) is 36.3. The van der Waals surface area contributed by atoms with Crippen LogP contribution in [0.25, 0.3) is 53.4 Å². The topological polar surface area (TPSA) is 186 Å². The summed E-state index contributed by atoms with van der Waals surface area (Å²) in [5.41, 5.74) is 4.56. The Morgan fingerprint density at radius 3 is 1.81 bits per heavy atom. The van der Waals surface area contributed by atoms with Gasteiger partial charge in [-0.25, -0.2) is 19.6 Å². The quantitative estimate of drug-likeness (QED) is 0.0760. The summed E-state index contributed by atoms with van der Waals surface area (Å²) in [7, 11) is 1.31. The smallest absolute Gasteiger partial charge is 0.407 e. The molecule has 3 aromatic carbocycles. The predicted molar refractivity (Wildman–Crippen MR) is 243 cm³/mol. The van der Waals surface area contributed by atoms with Crippen molar-refractivity contribution in [2.24, 2.45) is 11.8 Å². The number of alkyl carbamates (subject to hydrolysis) is 1. The second-order valence-electron chi connectivity index (χ2n) is 17.8. The number of rotatable bonds is 13. The zero-order valence-corrected chi connectivity index (χ0v) is 37.1. The van der Waals surface area contributed by atoms with Crippen LogP contribution in [-0.2, 0) is 27.4 Å². The summed E-state index contributed by atoms with van der Waals surface area (Å²) in [6, 6.07) is 15.4. The molecule has 0 aliphatic heterocycles. The molecule has 0 spiro atoms. The normalized spacial score (nSPS) is 16.3. The maximum Gasteiger partial charge on any atom is 0.407 e. The minimum atomic E-state index is -1.20. The van der Waals surface area contributed by atoms with Crippen LogP contribution in [-0.4, -0.2) is 90.1 Å². The monoisotopic (exact) mass is 862 g/mol. The van der Waals surface area contributed by atoms with Crippen molar-refractivity contribution in [2.45, 2.75) is 129 Å². The van der Waals surface area contributed by atoms with Crippen LogP contribution in [0.3, 0.4) is 0 Å². The number of amides is 4. The maximum absolute atomic E-state index is 14.2. The molecule has 2 aliphatic carbocycles. The van der Waals surface area contributed by atoms with E-state index in [9.17, 15) is 24.3 Å². The lowest BCUT2D eigenvalue weighted by atomic mass is 9.92. The number of aromatic nitrogens is 4. The van der Waals surface area contributed by atoms with Crippen LogP contribution in [0.5, 0.6) is 0 Å². The average molecular weight is 863 g/mol. The van der Waals surface area contributed by atoms with Crippen LogP contribution in [0, 0.1) is 11.8 Å². The van der Waals surface area contributed by atoms with Crippen LogP contribution in [0.15, 0.2) is 48.5 Å². The van der Waals surface area contributed by atoms with Crippen molar-refractivity contribution < 1.29 is 29.0 Å². The number of benzene rings is 3. The third kappa shape index (κ3) is 8.95. The van der Waals surface area contributed by atoms with E-state index in [1.807, 2.05) is 49.6 Å². The van der Waals surface area contributed by atoms with Crippen molar-refractivity contribution in [1.82, 2.24) is 40.4 Å². The molecule has 2 fully saturated rings. The molecule has 328 valence electrons. The third-order valence-electron chi connectivity index (χ3n) is 12.8. The van der Waals surface area contributed by atoms with Gasteiger partial charge in [-0.2, -0.15) is 0 Å². The molecule has 3 aromatic heterocycles. The molecule has 5 N–H and O–H groups in total. The number of carbonyl (C=O) groups excluding carboxylic acids is 3. The second kappa shape index (κ2) is 18.3. The van der Waals surface area contributed by atoms with Crippen molar-refractivity contribution >= 4 is 78.3 Å². The van der Waals surface area contributed by atoms with E-state index in [0.717, 1.165) is 118 Å². The molecule has 6 aromatic rings. The lowest BCUT2D eigenvalue weighted by Crippen LogP contribution is -2.54. The van der Waals surface area contributed by atoms with Crippen molar-refractivity contribution in [2.75, 3.05) is 7.11 Å². The number of H-pyrrole nitrogens is 2. The highest BCUT2D eigenvalue weighted by Gasteiger charge is 2.36. The molecule has 0 saturated heterocycles. The summed E-state index contributed by atoms with van der Waals surface area (Å²) in [6.07, 6.45) is 8.25. The number of methoxy groups -OCH3 is 1. The average Bonchev–Trinajstić information content (AvgIpc) is 4.02. The number of nitrogens with one attached hydrogen (secondary N) is 4. The van der Waals surface area contributed by atoms with E-state index in [-0.39, 0.29) is 42.3 Å². The van der Waals surface area contributed by atoms with Gasteiger partial charge in [0.05, 0.1) is 47.0 Å². The SMILES string of the molecule is COC(=O)N[C@H](C(=O)N(Cc1nc2ccc3cc(-c4ccc5c(ccc6nc(CN(C(=O)[C@@H](NC(=O)O)C(C)C)C7CCCCC7)[nH]c65)c4)sc3c2[nH]1)C1CCCCC1)C(C)C. The van der Waals surface area contributed by atoms with Gasteiger partial charge in [-0.3, -0.25) is 9.59 Å². The van der Waals surface area contributed by atoms with Gasteiger partial charge >= 0.3 is 12.2 Å². The summed E-state index contributed by atoms with van der Waals surface area (Å²) in [5, 5.41) is 18.0. The van der Waals surface area contributed by atoms with Gasteiger partial charge in [-0.1, -0.05) is 90.5 Å². The molecule has 2 saturated carbocycles. The molecule has 2 atom stereocenters. The van der Waals surface area contributed by atoms with Crippen LogP contribution in [0.1, 0.15) is 104 Å². The fourth-order valence-corrected chi connectivity index (χ4v) is 10.7. The number of carbonyl (C=O) groups is 4. The van der Waals surface area contributed by atoms with E-state index in [2.05, 4.69) is 57.0 Å². The number of hydrogen-bond acceptors (Lipinski definition) is 8. The van der Waals surface area contributed by atoms with Gasteiger partial charge in [-0.15, -0.1) is 11.3 Å². The Hall–Kier alpha value is -5.70. The number of thiophene rings is 1. The first kappa shape index (κ1) is 43.0. The molecule has 15 heteroatoms. The third-order valence-corrected chi connectivity index (χ3v) is 14.1. The highest BCUT2D eigenvalue weighted by atomic mass is 32.1. The Morgan fingerprint density at radius 2 is 1.26 bits per heavy atom. The van der Waals surface area contributed by atoms with E-state index < -0.39 is 24.3 Å². The number of nitrogens with zero attached hydrogens (tertiary/aromatic N) is 4. The van der Waals surface area contributed by atoms with Crippen molar-refractivity contribution in [3.63, 3.8) is 0 Å². The molecular formula is C47H58N8O6S. The Balaban J connectivity index is 1.06. The Kier molecular flexibility index (Phi) is 12.7. The van der Waals surface area contributed by atoms with Gasteiger partial charge in [0.2, 0.25) is 11.8 Å². The van der Waals surface area contributed by atoms with E-state index in [1.54, 1.807) is 11.3 Å². The van der Waals surface area contributed by atoms with Crippen LogP contribution < -0.4 is 10.6 Å². The van der Waals surface area contributed by atoms with Crippen LogP contribution >= 0.6 is 11.3 Å². The lowest BCUT2D eigenvalue weighted by molar-refractivity contribution is -0.139. The number of aromatic amines is 2. The Bertz CT molecular complexity index is 2600. The van der Waals surface area contributed by atoms with Crippen LogP contribution in [0.2, 0.25) is 0 Å². The largest absolute Gasteiger partial charge is 0.465 e. The minimum absolute atomic E-state index is 0.0243. The highest BCUT2D eigenvalue weighted by Crippen LogP contribution is 2.39. The minimum Gasteiger partial charge on any atom is -0.465 e. The number of carboxylic acid groups (broad SMARTS) is 1. The number of fused-ring (bicyclic) bond motifs is 6. The summed E-state index contributed by atoms with van der Waals surface area (Å²) in [5.74, 6) is 0.713. The molecule has 0 radical (unpaired) electrons. The first-order chi connectivity index (χ1) is 29.9. The Labute approximate surface area is 365 Å². The first-order valence-corrected chi connectivity index (χ1v) is 23.0. The number of hydrogen-bond donors (Lipinski definition) is 5. The maximum atomic E-state index is 14.2. The van der Waals surface area contributed by atoms with Gasteiger partial charge in [0, 0.05) is 22.3 Å². The van der Waals surface area contributed by atoms with Gasteiger partial charge in [0.25, 0.3) is 0 Å². The molecule has 3 heterocycles. The van der Waals surface area contributed by atoms with Gasteiger partial charge < -0.3 is 40.2 Å². The summed E-state index contributed by atoms with van der Waals surface area (Å²) >= 11 is 1.70. The van der Waals surface area contributed by atoms with Crippen molar-refractivity contribution in [3.8, 4) is 10.4 Å². The molecule has 0 unspecified atom stereocenters. The molecule has 62 heavy (non-hydrogen) atoms. The molecule has 8 rings (SSSR count). The standard InChI is InChI=1S/C47H58N8O6S/c1-26(2)39(52-46(58)59)44(56)54(31-12-8-6-9-13-31)24-37-48-34-20-17-28-22-29(16-19-33(28)41(34)50-37)36-23-30-18-21-35-42(43(30)62-36)51-38(49-35)25-55(32-14-10-7-11-15-32)45(57)40(27(3)4)53-47(60)61-5/h16-23,26-27,31-32,39-40,52H,6-15,24-25H2,1-5H3,(H,48,50)(H,49,51)(H,53,60)(H,58,59)/t39-,40-/m0/s1. The molecule has 14 nitrogen and oxygen atoms in total. The molecule has 2 aliphatic rings. The fourth-order valence-electron chi connectivity index (χ4n) is 9.52. The predicted octanol–water partition coefficient (Wildman–Crippen LogP) is 9.47. The number of ether oxygens (including phenoxy) is 1. The van der Waals surface area contributed by atoms with Crippen molar-refractivity contribution in [3.05, 3.63) is 60.2 Å². The summed E-state index contributed by atoms with van der Waals surface area (Å²) in [6.45, 7) is 8.17. The second-order valence-corrected chi connectivity index (χ2v) is 18.8. The van der Waals surface area contributed by atoms with E-state index in [1.165, 1.54) is 7.11 Å². The molecule has 0 bridgehead atoms. The molecular weight excluding hydrogens is 805 g/mol. The van der Waals surface area contributed by atoms with Gasteiger partial charge in [0.15, 0.2) is 0 Å². The highest BCUT2D eigenvalue weighted by molar-refractivity contribution is 7.23. The zero-order chi connectivity index (χ0) is 43.7. The van der Waals surface area contributed by atoms with E-state index in [0.29, 0.717) is 18.2 Å². The number of imidazole rings is 2. The van der Waals surface area contributed by atoms with Crippen LogP contribution in [0.4, 0.5) is 9.59 Å². The van der Waals surface area contributed by atoms with Gasteiger partial charge in [-0.05, 0) is 78.1 Å².